The number of nitrogens with zero attached hydrogens (tertiary/aromatic N) is 5. The number of halogens is 3. The lowest BCUT2D eigenvalue weighted by Crippen LogP contribution is -2.43. The first-order valence-corrected chi connectivity index (χ1v) is 12.1. The van der Waals surface area contributed by atoms with Gasteiger partial charge in [0.15, 0.2) is 5.65 Å². The van der Waals surface area contributed by atoms with Gasteiger partial charge in [-0.3, -0.25) is 4.98 Å². The van der Waals surface area contributed by atoms with Crippen LogP contribution in [0.5, 0.6) is 0 Å². The third kappa shape index (κ3) is 5.11. The molecule has 0 aliphatic carbocycles. The summed E-state index contributed by atoms with van der Waals surface area (Å²) in [5.41, 5.74) is 4.97. The number of hydrogen-bond acceptors (Lipinski definition) is 6. The zero-order valence-electron chi connectivity index (χ0n) is 19.7. The number of rotatable bonds is 4. The Bertz CT molecular complexity index is 1550. The highest BCUT2D eigenvalue weighted by molar-refractivity contribution is 6.30. The lowest BCUT2D eigenvalue weighted by atomic mass is 9.98. The number of aromatic nitrogens is 4. The van der Waals surface area contributed by atoms with Gasteiger partial charge in [0, 0.05) is 83.6 Å². The molecule has 1 aliphatic heterocycles. The van der Waals surface area contributed by atoms with Crippen molar-refractivity contribution in [1.82, 2.24) is 25.3 Å². The van der Waals surface area contributed by atoms with Crippen LogP contribution in [0.15, 0.2) is 79.4 Å². The maximum absolute atomic E-state index is 14.7. The van der Waals surface area contributed by atoms with Crippen LogP contribution in [0.25, 0.3) is 44.5 Å². The molecule has 0 amide bonds. The van der Waals surface area contributed by atoms with Crippen molar-refractivity contribution in [2.24, 2.45) is 0 Å². The van der Waals surface area contributed by atoms with E-state index < -0.39 is 5.82 Å². The lowest BCUT2D eigenvalue weighted by Gasteiger charge is -2.28. The van der Waals surface area contributed by atoms with Gasteiger partial charge in [0.2, 0.25) is 0 Å². The third-order valence-corrected chi connectivity index (χ3v) is 6.60. The quantitative estimate of drug-likeness (QED) is 0.304. The minimum absolute atomic E-state index is 0. The molecule has 0 saturated carbocycles. The molecule has 0 bridgehead atoms. The first kappa shape index (κ1) is 25.0. The van der Waals surface area contributed by atoms with E-state index in [0.29, 0.717) is 21.9 Å². The molecule has 6 nitrogen and oxygen atoms in total. The Morgan fingerprint density at radius 3 is 2.49 bits per heavy atom. The van der Waals surface area contributed by atoms with Gasteiger partial charge < -0.3 is 10.2 Å². The second-order valence-electron chi connectivity index (χ2n) is 8.66. The number of piperazine rings is 1. The first-order valence-electron chi connectivity index (χ1n) is 11.7. The Balaban J connectivity index is 0.00000280. The van der Waals surface area contributed by atoms with E-state index in [1.807, 2.05) is 30.6 Å². The monoisotopic (exact) mass is 532 g/mol. The number of pyridine rings is 4. The molecule has 5 heterocycles. The second-order valence-corrected chi connectivity index (χ2v) is 9.09. The molecule has 0 unspecified atom stereocenters. The van der Waals surface area contributed by atoms with Gasteiger partial charge in [-0.15, -0.1) is 12.4 Å². The van der Waals surface area contributed by atoms with E-state index in [1.165, 1.54) is 12.1 Å². The molecular weight excluding hydrogens is 510 g/mol. The summed E-state index contributed by atoms with van der Waals surface area (Å²) in [5.74, 6) is 0.583. The van der Waals surface area contributed by atoms with Crippen molar-refractivity contribution in [2.75, 3.05) is 31.1 Å². The molecule has 9 heteroatoms. The van der Waals surface area contributed by atoms with Crippen molar-refractivity contribution in [3.05, 3.63) is 90.2 Å². The molecular formula is C28H23Cl2FN6. The fourth-order valence-corrected chi connectivity index (χ4v) is 4.68. The smallest absolute Gasteiger partial charge is 0.160 e. The van der Waals surface area contributed by atoms with Crippen LogP contribution in [0.3, 0.4) is 0 Å². The average Bonchev–Trinajstić information content (AvgIpc) is 2.94. The first-order chi connectivity index (χ1) is 17.7. The average molecular weight is 533 g/mol. The highest BCUT2D eigenvalue weighted by Crippen LogP contribution is 2.34. The summed E-state index contributed by atoms with van der Waals surface area (Å²) in [6, 6.07) is 16.3. The molecule has 5 aromatic rings. The molecule has 0 radical (unpaired) electrons. The van der Waals surface area contributed by atoms with Crippen LogP contribution in [0, 0.1) is 5.82 Å². The zero-order valence-corrected chi connectivity index (χ0v) is 21.3. The molecule has 4 aromatic heterocycles. The Morgan fingerprint density at radius 1 is 0.838 bits per heavy atom. The van der Waals surface area contributed by atoms with Crippen LogP contribution in [0.2, 0.25) is 5.02 Å². The summed E-state index contributed by atoms with van der Waals surface area (Å²) in [6.07, 6.45) is 7.19. The Hall–Kier alpha value is -3.65. The fraction of sp³-hybridized carbons (Fsp3) is 0.143. The SMILES string of the molecule is Cl.Fc1ccc(Cl)cc1-c1cc(-c2cncc(-c3ccc(N4CCNCC4)nc3)c2)c2cccnc2n1. The lowest BCUT2D eigenvalue weighted by molar-refractivity contribution is 0.585. The predicted octanol–water partition coefficient (Wildman–Crippen LogP) is 6.04. The van der Waals surface area contributed by atoms with Gasteiger partial charge in [-0.05, 0) is 60.2 Å². The Morgan fingerprint density at radius 2 is 1.68 bits per heavy atom. The van der Waals surface area contributed by atoms with E-state index >= 15 is 0 Å². The van der Waals surface area contributed by atoms with E-state index in [0.717, 1.165) is 59.6 Å². The number of nitrogens with one attached hydrogen (secondary N) is 1. The van der Waals surface area contributed by atoms with Crippen molar-refractivity contribution in [3.8, 4) is 33.5 Å². The number of anilines is 1. The van der Waals surface area contributed by atoms with Gasteiger partial charge in [0.25, 0.3) is 0 Å². The molecule has 1 fully saturated rings. The van der Waals surface area contributed by atoms with Crippen molar-refractivity contribution in [3.63, 3.8) is 0 Å². The maximum Gasteiger partial charge on any atom is 0.160 e. The van der Waals surface area contributed by atoms with Gasteiger partial charge in [-0.2, -0.15) is 0 Å². The van der Waals surface area contributed by atoms with E-state index in [-0.39, 0.29) is 12.4 Å². The summed E-state index contributed by atoms with van der Waals surface area (Å²) in [4.78, 5) is 20.5. The molecule has 1 N–H and O–H groups in total. The second kappa shape index (κ2) is 10.8. The number of hydrogen-bond donors (Lipinski definition) is 1. The minimum atomic E-state index is -0.393. The minimum Gasteiger partial charge on any atom is -0.354 e. The number of fused-ring (bicyclic) bond motifs is 1. The van der Waals surface area contributed by atoms with Crippen molar-refractivity contribution < 1.29 is 4.39 Å². The van der Waals surface area contributed by atoms with Crippen LogP contribution in [0.4, 0.5) is 10.2 Å². The van der Waals surface area contributed by atoms with E-state index in [1.54, 1.807) is 18.5 Å². The van der Waals surface area contributed by atoms with Crippen LogP contribution < -0.4 is 10.2 Å². The van der Waals surface area contributed by atoms with Crippen molar-refractivity contribution >= 4 is 40.9 Å². The summed E-state index contributed by atoms with van der Waals surface area (Å²) in [6.45, 7) is 3.82. The highest BCUT2D eigenvalue weighted by Gasteiger charge is 2.15. The van der Waals surface area contributed by atoms with E-state index in [4.69, 9.17) is 16.6 Å². The van der Waals surface area contributed by atoms with Crippen LogP contribution in [-0.2, 0) is 0 Å². The van der Waals surface area contributed by atoms with E-state index in [9.17, 15) is 4.39 Å². The molecule has 1 aromatic carbocycles. The summed E-state index contributed by atoms with van der Waals surface area (Å²) in [5, 5.41) is 4.66. The van der Waals surface area contributed by atoms with Crippen molar-refractivity contribution in [2.45, 2.75) is 0 Å². The molecule has 1 aliphatic rings. The van der Waals surface area contributed by atoms with Crippen molar-refractivity contribution in [1.29, 1.82) is 0 Å². The normalized spacial score (nSPS) is 13.4. The molecule has 37 heavy (non-hydrogen) atoms. The standard InChI is InChI=1S/C28H22ClFN6.ClH/c29-21-4-5-25(30)24(13-21)26-14-23(22-2-1-7-33-28(22)35-26)20-12-19(15-32-16-20)18-3-6-27(34-17-18)36-10-8-31-9-11-36;/h1-7,12-17,31H,8-11H2;1H. The highest BCUT2D eigenvalue weighted by atomic mass is 35.5. The predicted molar refractivity (Wildman–Crippen MR) is 149 cm³/mol. The van der Waals surface area contributed by atoms with Gasteiger partial charge >= 0.3 is 0 Å². The molecule has 1 saturated heterocycles. The fourth-order valence-electron chi connectivity index (χ4n) is 4.51. The van der Waals surface area contributed by atoms with Gasteiger partial charge in [0.1, 0.15) is 11.6 Å². The van der Waals surface area contributed by atoms with Crippen LogP contribution in [-0.4, -0.2) is 46.1 Å². The Kier molecular flexibility index (Phi) is 7.28. The van der Waals surface area contributed by atoms with Crippen LogP contribution in [0.1, 0.15) is 0 Å². The van der Waals surface area contributed by atoms with Gasteiger partial charge in [-0.1, -0.05) is 11.6 Å². The van der Waals surface area contributed by atoms with E-state index in [2.05, 4.69) is 43.4 Å². The maximum atomic E-state index is 14.7. The number of benzene rings is 1. The largest absolute Gasteiger partial charge is 0.354 e. The summed E-state index contributed by atoms with van der Waals surface area (Å²) in [7, 11) is 0. The van der Waals surface area contributed by atoms with Gasteiger partial charge in [-0.25, -0.2) is 19.3 Å². The van der Waals surface area contributed by atoms with Gasteiger partial charge in [0.05, 0.1) is 5.69 Å². The topological polar surface area (TPSA) is 66.8 Å². The third-order valence-electron chi connectivity index (χ3n) is 6.36. The summed E-state index contributed by atoms with van der Waals surface area (Å²) >= 11 is 6.16. The van der Waals surface area contributed by atoms with Crippen LogP contribution >= 0.6 is 24.0 Å². The molecule has 186 valence electrons. The summed E-state index contributed by atoms with van der Waals surface area (Å²) < 4.78 is 14.7. The Labute approximate surface area is 225 Å². The zero-order chi connectivity index (χ0) is 24.5. The molecule has 0 atom stereocenters. The molecule has 6 rings (SSSR count). The molecule has 0 spiro atoms.